The van der Waals surface area contributed by atoms with Crippen LogP contribution in [0.25, 0.3) is 0 Å². The van der Waals surface area contributed by atoms with Crippen molar-refractivity contribution < 1.29 is 18.6 Å². The van der Waals surface area contributed by atoms with Crippen molar-refractivity contribution in [1.29, 1.82) is 5.26 Å². The van der Waals surface area contributed by atoms with Gasteiger partial charge in [0.2, 0.25) is 0 Å². The van der Waals surface area contributed by atoms with E-state index in [1.54, 1.807) is 6.07 Å². The molecule has 14 heavy (non-hydrogen) atoms. The van der Waals surface area contributed by atoms with E-state index in [-0.39, 0.29) is 5.56 Å². The Bertz CT molecular complexity index is 494. The highest BCUT2D eigenvalue weighted by molar-refractivity contribution is 8.13. The van der Waals surface area contributed by atoms with Crippen LogP contribution in [0.4, 0.5) is 0 Å². The van der Waals surface area contributed by atoms with Crippen molar-refractivity contribution in [3.8, 4) is 17.6 Å². The number of nitriles is 1. The average Bonchev–Trinajstić information content (AvgIpc) is 1.99. The summed E-state index contributed by atoms with van der Waals surface area (Å²) in [6.07, 6.45) is 0. The Kier molecular flexibility index (Phi) is 2.55. The van der Waals surface area contributed by atoms with Gasteiger partial charge in [-0.05, 0) is 12.1 Å². The average molecular weight is 234 g/mol. The number of aromatic hydroxyl groups is 2. The van der Waals surface area contributed by atoms with Crippen molar-refractivity contribution in [2.24, 2.45) is 0 Å². The lowest BCUT2D eigenvalue weighted by molar-refractivity contribution is 0.424. The van der Waals surface area contributed by atoms with Crippen molar-refractivity contribution in [2.45, 2.75) is 4.90 Å². The van der Waals surface area contributed by atoms with Crippen LogP contribution in [0.1, 0.15) is 5.56 Å². The molecule has 1 aromatic rings. The first-order valence-corrected chi connectivity index (χ1v) is 5.58. The van der Waals surface area contributed by atoms with E-state index in [9.17, 15) is 8.42 Å². The van der Waals surface area contributed by atoms with Crippen LogP contribution in [0, 0.1) is 11.3 Å². The van der Waals surface area contributed by atoms with Crippen LogP contribution in [-0.4, -0.2) is 18.6 Å². The Morgan fingerprint density at radius 3 is 2.00 bits per heavy atom. The fraction of sp³-hybridized carbons (Fsp3) is 0. The summed E-state index contributed by atoms with van der Waals surface area (Å²) in [6.45, 7) is 0. The van der Waals surface area contributed by atoms with E-state index >= 15 is 0 Å². The predicted octanol–water partition coefficient (Wildman–Crippen LogP) is 0.897. The zero-order valence-corrected chi connectivity index (χ0v) is 8.17. The van der Waals surface area contributed by atoms with E-state index < -0.39 is 25.4 Å². The summed E-state index contributed by atoms with van der Waals surface area (Å²) in [5.74, 6) is -1.51. The highest BCUT2D eigenvalue weighted by Crippen LogP contribution is 2.35. The van der Waals surface area contributed by atoms with Crippen LogP contribution in [-0.2, 0) is 9.05 Å². The molecule has 0 amide bonds. The van der Waals surface area contributed by atoms with Gasteiger partial charge in [-0.3, -0.25) is 0 Å². The summed E-state index contributed by atoms with van der Waals surface area (Å²) in [6, 6.07) is 3.42. The Morgan fingerprint density at radius 1 is 1.29 bits per heavy atom. The topological polar surface area (TPSA) is 98.4 Å². The first-order valence-electron chi connectivity index (χ1n) is 3.27. The zero-order valence-electron chi connectivity index (χ0n) is 6.60. The largest absolute Gasteiger partial charge is 0.506 e. The van der Waals surface area contributed by atoms with E-state index in [1.165, 1.54) is 0 Å². The van der Waals surface area contributed by atoms with Crippen molar-refractivity contribution in [2.75, 3.05) is 0 Å². The van der Waals surface area contributed by atoms with Gasteiger partial charge in [-0.2, -0.15) is 5.26 Å². The monoisotopic (exact) mass is 233 g/mol. The number of phenols is 2. The minimum absolute atomic E-state index is 0.0657. The van der Waals surface area contributed by atoms with Gasteiger partial charge >= 0.3 is 0 Å². The van der Waals surface area contributed by atoms with Gasteiger partial charge in [0.05, 0.1) is 11.6 Å². The third-order valence-electron chi connectivity index (χ3n) is 1.42. The minimum atomic E-state index is -4.23. The molecule has 0 fully saturated rings. The maximum atomic E-state index is 10.8. The van der Waals surface area contributed by atoms with Gasteiger partial charge < -0.3 is 10.2 Å². The normalized spacial score (nSPS) is 10.9. The molecule has 0 radical (unpaired) electrons. The number of hydrogen-bond donors (Lipinski definition) is 2. The number of nitrogens with zero attached hydrogens (tertiary/aromatic N) is 1. The third-order valence-corrected chi connectivity index (χ3v) is 2.79. The second kappa shape index (κ2) is 3.36. The highest BCUT2D eigenvalue weighted by Gasteiger charge is 2.21. The molecule has 0 spiro atoms. The second-order valence-electron chi connectivity index (χ2n) is 2.39. The SMILES string of the molecule is N#Cc1cc(O)c(S(=O)(=O)Cl)c(O)c1. The summed E-state index contributed by atoms with van der Waals surface area (Å²) < 4.78 is 21.7. The number of benzene rings is 1. The molecule has 0 saturated carbocycles. The summed E-state index contributed by atoms with van der Waals surface area (Å²) in [5, 5.41) is 26.8. The summed E-state index contributed by atoms with van der Waals surface area (Å²) in [7, 11) is 0.708. The molecule has 0 unspecified atom stereocenters. The van der Waals surface area contributed by atoms with E-state index in [1.807, 2.05) is 0 Å². The lowest BCUT2D eigenvalue weighted by Crippen LogP contribution is -1.93. The summed E-state index contributed by atoms with van der Waals surface area (Å²) >= 11 is 0. The van der Waals surface area contributed by atoms with Crippen LogP contribution in [0.2, 0.25) is 0 Å². The Labute approximate surface area is 84.2 Å². The zero-order chi connectivity index (χ0) is 10.9. The van der Waals surface area contributed by atoms with Crippen molar-refractivity contribution in [1.82, 2.24) is 0 Å². The Morgan fingerprint density at radius 2 is 1.71 bits per heavy atom. The summed E-state index contributed by atoms with van der Waals surface area (Å²) in [4.78, 5) is -0.793. The number of phenolic OH excluding ortho intramolecular Hbond substituents is 2. The number of hydrogen-bond acceptors (Lipinski definition) is 5. The van der Waals surface area contributed by atoms with Gasteiger partial charge in [0.25, 0.3) is 9.05 Å². The van der Waals surface area contributed by atoms with E-state index in [4.69, 9.17) is 26.2 Å². The van der Waals surface area contributed by atoms with E-state index in [2.05, 4.69) is 0 Å². The lowest BCUT2D eigenvalue weighted by atomic mass is 10.2. The molecule has 7 heteroatoms. The van der Waals surface area contributed by atoms with Gasteiger partial charge in [0.15, 0.2) is 4.90 Å². The quantitative estimate of drug-likeness (QED) is 0.702. The lowest BCUT2D eigenvalue weighted by Gasteiger charge is -2.03. The highest BCUT2D eigenvalue weighted by atomic mass is 35.7. The van der Waals surface area contributed by atoms with Gasteiger partial charge in [-0.25, -0.2) is 8.42 Å². The standard InChI is InChI=1S/C7H4ClNO4S/c8-14(12,13)7-5(10)1-4(3-9)2-6(7)11/h1-2,10-11H. The van der Waals surface area contributed by atoms with Crippen molar-refractivity contribution in [3.63, 3.8) is 0 Å². The van der Waals surface area contributed by atoms with Crippen LogP contribution in [0.5, 0.6) is 11.5 Å². The fourth-order valence-electron chi connectivity index (χ4n) is 0.913. The van der Waals surface area contributed by atoms with Gasteiger partial charge in [0, 0.05) is 10.7 Å². The molecule has 74 valence electrons. The number of rotatable bonds is 1. The molecule has 2 N–H and O–H groups in total. The van der Waals surface area contributed by atoms with Crippen molar-refractivity contribution in [3.05, 3.63) is 17.7 Å². The summed E-state index contributed by atoms with van der Waals surface area (Å²) in [5.41, 5.74) is -0.0657. The molecular weight excluding hydrogens is 230 g/mol. The first-order chi connectivity index (χ1) is 6.36. The fourth-order valence-corrected chi connectivity index (χ4v) is 2.00. The Balaban J connectivity index is 3.59. The second-order valence-corrected chi connectivity index (χ2v) is 4.90. The van der Waals surface area contributed by atoms with Crippen LogP contribution >= 0.6 is 10.7 Å². The van der Waals surface area contributed by atoms with Crippen molar-refractivity contribution >= 4 is 19.7 Å². The molecule has 0 aliphatic heterocycles. The molecule has 1 aromatic carbocycles. The van der Waals surface area contributed by atoms with E-state index in [0.717, 1.165) is 12.1 Å². The molecule has 0 aromatic heterocycles. The third kappa shape index (κ3) is 1.89. The smallest absolute Gasteiger partial charge is 0.268 e. The van der Waals surface area contributed by atoms with Crippen LogP contribution < -0.4 is 0 Å². The minimum Gasteiger partial charge on any atom is -0.506 e. The molecule has 0 heterocycles. The van der Waals surface area contributed by atoms with E-state index in [0.29, 0.717) is 0 Å². The molecule has 0 atom stereocenters. The molecule has 0 bridgehead atoms. The molecule has 5 nitrogen and oxygen atoms in total. The Hall–Kier alpha value is -1.45. The van der Waals surface area contributed by atoms with Crippen LogP contribution in [0.3, 0.4) is 0 Å². The van der Waals surface area contributed by atoms with Gasteiger partial charge in [0.1, 0.15) is 11.5 Å². The number of halogens is 1. The molecule has 0 aliphatic rings. The van der Waals surface area contributed by atoms with Crippen LogP contribution in [0.15, 0.2) is 17.0 Å². The maximum absolute atomic E-state index is 10.8. The molecular formula is C7H4ClNO4S. The first kappa shape index (κ1) is 10.6. The molecule has 0 aliphatic carbocycles. The van der Waals surface area contributed by atoms with Gasteiger partial charge in [-0.15, -0.1) is 0 Å². The van der Waals surface area contributed by atoms with Gasteiger partial charge in [-0.1, -0.05) is 0 Å². The molecule has 0 saturated heterocycles. The maximum Gasteiger partial charge on any atom is 0.268 e. The predicted molar refractivity (Wildman–Crippen MR) is 47.5 cm³/mol. The molecule has 1 rings (SSSR count).